The molecule has 1 amide bonds. The molecule has 0 aliphatic carbocycles. The molecule has 2 fully saturated rings. The Morgan fingerprint density at radius 1 is 1.19 bits per heavy atom. The van der Waals surface area contributed by atoms with Crippen LogP contribution in [0.4, 0.5) is 5.82 Å². The summed E-state index contributed by atoms with van der Waals surface area (Å²) in [6.45, 7) is 5.54. The lowest BCUT2D eigenvalue weighted by atomic mass is 10.0. The van der Waals surface area contributed by atoms with E-state index in [2.05, 4.69) is 20.0 Å². The van der Waals surface area contributed by atoms with Crippen molar-refractivity contribution in [1.82, 2.24) is 20.0 Å². The van der Waals surface area contributed by atoms with Crippen LogP contribution >= 0.6 is 0 Å². The number of aryl methyl sites for hydroxylation is 1. The number of aromatic nitrogens is 3. The molecule has 138 valence electrons. The van der Waals surface area contributed by atoms with Crippen molar-refractivity contribution in [3.8, 4) is 0 Å². The molecule has 0 spiro atoms. The van der Waals surface area contributed by atoms with Gasteiger partial charge in [0.15, 0.2) is 5.58 Å². The van der Waals surface area contributed by atoms with Gasteiger partial charge in [-0.25, -0.2) is 9.97 Å². The van der Waals surface area contributed by atoms with Crippen molar-refractivity contribution >= 4 is 22.7 Å². The van der Waals surface area contributed by atoms with Gasteiger partial charge in [0, 0.05) is 55.2 Å². The van der Waals surface area contributed by atoms with Gasteiger partial charge in [-0.05, 0) is 19.1 Å². The number of hydrogen-bond donors (Lipinski definition) is 0. The number of para-hydroxylation sites is 1. The molecule has 2 aromatic heterocycles. The third kappa shape index (κ3) is 2.83. The van der Waals surface area contributed by atoms with E-state index in [0.717, 1.165) is 54.2 Å². The van der Waals surface area contributed by atoms with Crippen LogP contribution in [-0.4, -0.2) is 52.1 Å². The van der Waals surface area contributed by atoms with Gasteiger partial charge in [0.05, 0.1) is 6.42 Å². The summed E-state index contributed by atoms with van der Waals surface area (Å²) >= 11 is 0. The van der Waals surface area contributed by atoms with Gasteiger partial charge in [-0.1, -0.05) is 17.3 Å². The Balaban J connectivity index is 1.25. The predicted octanol–water partition coefficient (Wildman–Crippen LogP) is 2.06. The van der Waals surface area contributed by atoms with Crippen LogP contribution in [0.5, 0.6) is 0 Å². The highest BCUT2D eigenvalue weighted by atomic mass is 16.5. The second-order valence-corrected chi connectivity index (χ2v) is 7.56. The average Bonchev–Trinajstić information content (AvgIpc) is 3.35. The van der Waals surface area contributed by atoms with Crippen molar-refractivity contribution in [2.75, 3.05) is 31.1 Å². The molecule has 0 bridgehead atoms. The fourth-order valence-corrected chi connectivity index (χ4v) is 4.41. The molecular formula is C20H21N5O2. The lowest BCUT2D eigenvalue weighted by Crippen LogP contribution is -2.34. The molecule has 0 saturated carbocycles. The molecule has 4 heterocycles. The minimum Gasteiger partial charge on any atom is -0.356 e. The van der Waals surface area contributed by atoms with Crippen LogP contribution in [0.15, 0.2) is 41.3 Å². The molecule has 2 saturated heterocycles. The highest BCUT2D eigenvalue weighted by Gasteiger charge is 2.42. The summed E-state index contributed by atoms with van der Waals surface area (Å²) in [6.07, 6.45) is 3.76. The molecule has 3 aromatic rings. The maximum absolute atomic E-state index is 12.8. The van der Waals surface area contributed by atoms with Gasteiger partial charge in [0.25, 0.3) is 0 Å². The van der Waals surface area contributed by atoms with Gasteiger partial charge in [-0.15, -0.1) is 0 Å². The van der Waals surface area contributed by atoms with Crippen LogP contribution in [0.1, 0.15) is 11.3 Å². The van der Waals surface area contributed by atoms with Crippen LogP contribution in [-0.2, 0) is 11.2 Å². The molecule has 0 radical (unpaired) electrons. The summed E-state index contributed by atoms with van der Waals surface area (Å²) in [5, 5.41) is 5.02. The molecule has 27 heavy (non-hydrogen) atoms. The molecule has 2 atom stereocenters. The summed E-state index contributed by atoms with van der Waals surface area (Å²) in [6, 6.07) is 7.68. The molecule has 2 aliphatic rings. The smallest absolute Gasteiger partial charge is 0.228 e. The van der Waals surface area contributed by atoms with Crippen LogP contribution in [0.25, 0.3) is 11.0 Å². The zero-order valence-corrected chi connectivity index (χ0v) is 15.2. The molecule has 1 aromatic carbocycles. The van der Waals surface area contributed by atoms with E-state index in [9.17, 15) is 4.79 Å². The SMILES string of the molecule is Cc1cncnc1N1CC2CN(C(=O)Cc3noc4ccccc34)CC2C1. The van der Waals surface area contributed by atoms with Crippen LogP contribution < -0.4 is 4.90 Å². The highest BCUT2D eigenvalue weighted by Crippen LogP contribution is 2.34. The van der Waals surface area contributed by atoms with Crippen molar-refractivity contribution in [1.29, 1.82) is 0 Å². The van der Waals surface area contributed by atoms with Crippen molar-refractivity contribution in [3.05, 3.63) is 48.0 Å². The lowest BCUT2D eigenvalue weighted by molar-refractivity contribution is -0.129. The number of hydrogen-bond acceptors (Lipinski definition) is 6. The first kappa shape index (κ1) is 16.2. The molecule has 0 N–H and O–H groups in total. The van der Waals surface area contributed by atoms with Gasteiger partial charge < -0.3 is 14.3 Å². The van der Waals surface area contributed by atoms with Crippen LogP contribution in [0.3, 0.4) is 0 Å². The number of anilines is 1. The monoisotopic (exact) mass is 363 g/mol. The van der Waals surface area contributed by atoms with Gasteiger partial charge in [0.2, 0.25) is 5.91 Å². The Labute approximate surface area is 157 Å². The molecule has 7 nitrogen and oxygen atoms in total. The Morgan fingerprint density at radius 2 is 1.96 bits per heavy atom. The summed E-state index contributed by atoms with van der Waals surface area (Å²) in [5.41, 5.74) is 2.56. The zero-order chi connectivity index (χ0) is 18.4. The van der Waals surface area contributed by atoms with Gasteiger partial charge in [-0.3, -0.25) is 4.79 Å². The summed E-state index contributed by atoms with van der Waals surface area (Å²) in [5.74, 6) is 2.15. The fourth-order valence-electron chi connectivity index (χ4n) is 4.41. The number of likely N-dealkylation sites (tertiary alicyclic amines) is 1. The minimum atomic E-state index is 0.133. The number of rotatable bonds is 3. The fraction of sp³-hybridized carbons (Fsp3) is 0.400. The number of benzene rings is 1. The topological polar surface area (TPSA) is 75.4 Å². The first-order valence-corrected chi connectivity index (χ1v) is 9.31. The van der Waals surface area contributed by atoms with Crippen molar-refractivity contribution in [2.24, 2.45) is 11.8 Å². The molecule has 5 rings (SSSR count). The van der Waals surface area contributed by atoms with Gasteiger partial charge in [-0.2, -0.15) is 0 Å². The third-order valence-corrected chi connectivity index (χ3v) is 5.78. The summed E-state index contributed by atoms with van der Waals surface area (Å²) < 4.78 is 5.32. The van der Waals surface area contributed by atoms with E-state index in [0.29, 0.717) is 18.3 Å². The second kappa shape index (κ2) is 6.33. The van der Waals surface area contributed by atoms with Crippen molar-refractivity contribution < 1.29 is 9.32 Å². The number of carbonyl (C=O) groups excluding carboxylic acids is 1. The summed E-state index contributed by atoms with van der Waals surface area (Å²) in [7, 11) is 0. The Morgan fingerprint density at radius 3 is 2.74 bits per heavy atom. The minimum absolute atomic E-state index is 0.133. The Kier molecular flexibility index (Phi) is 3.81. The highest BCUT2D eigenvalue weighted by molar-refractivity contribution is 5.86. The third-order valence-electron chi connectivity index (χ3n) is 5.78. The molecule has 2 unspecified atom stereocenters. The maximum atomic E-state index is 12.8. The Bertz CT molecular complexity index is 987. The number of carbonyl (C=O) groups is 1. The van der Waals surface area contributed by atoms with Crippen LogP contribution in [0, 0.1) is 18.8 Å². The van der Waals surface area contributed by atoms with E-state index in [-0.39, 0.29) is 5.91 Å². The van der Waals surface area contributed by atoms with Crippen molar-refractivity contribution in [3.63, 3.8) is 0 Å². The quantitative estimate of drug-likeness (QED) is 0.709. The first-order chi connectivity index (χ1) is 13.2. The largest absolute Gasteiger partial charge is 0.356 e. The lowest BCUT2D eigenvalue weighted by Gasteiger charge is -2.23. The molecule has 7 heteroatoms. The van der Waals surface area contributed by atoms with Gasteiger partial charge in [0.1, 0.15) is 17.8 Å². The van der Waals surface area contributed by atoms with Crippen molar-refractivity contribution in [2.45, 2.75) is 13.3 Å². The number of nitrogens with zero attached hydrogens (tertiary/aromatic N) is 5. The van der Waals surface area contributed by atoms with E-state index in [1.807, 2.05) is 42.3 Å². The van der Waals surface area contributed by atoms with E-state index in [1.165, 1.54) is 0 Å². The standard InChI is InChI=1S/C20H21N5O2/c1-13-7-21-12-22-20(13)25-10-14-8-24(9-15(14)11-25)19(26)6-17-16-4-2-3-5-18(16)27-23-17/h2-5,7,12,14-15H,6,8-11H2,1H3. The molecule has 2 aliphatic heterocycles. The molecular weight excluding hydrogens is 342 g/mol. The van der Waals surface area contributed by atoms with Crippen LogP contribution in [0.2, 0.25) is 0 Å². The van der Waals surface area contributed by atoms with E-state index in [1.54, 1.807) is 6.33 Å². The number of fused-ring (bicyclic) bond motifs is 2. The zero-order valence-electron chi connectivity index (χ0n) is 15.2. The first-order valence-electron chi connectivity index (χ1n) is 9.31. The van der Waals surface area contributed by atoms with E-state index >= 15 is 0 Å². The number of amides is 1. The second-order valence-electron chi connectivity index (χ2n) is 7.56. The van der Waals surface area contributed by atoms with E-state index in [4.69, 9.17) is 4.52 Å². The summed E-state index contributed by atoms with van der Waals surface area (Å²) in [4.78, 5) is 25.6. The average molecular weight is 363 g/mol. The van der Waals surface area contributed by atoms with Gasteiger partial charge >= 0.3 is 0 Å². The maximum Gasteiger partial charge on any atom is 0.228 e. The normalized spacial score (nSPS) is 21.8. The predicted molar refractivity (Wildman–Crippen MR) is 100 cm³/mol. The Hall–Kier alpha value is -2.96. The van der Waals surface area contributed by atoms with E-state index < -0.39 is 0 Å².